The molecule has 9 heteroatoms. The van der Waals surface area contributed by atoms with Gasteiger partial charge in [-0.1, -0.05) is 109 Å². The molecule has 1 fully saturated rings. The van der Waals surface area contributed by atoms with E-state index in [0.29, 0.717) is 10.7 Å². The van der Waals surface area contributed by atoms with Crippen LogP contribution in [0.25, 0.3) is 0 Å². The second-order valence-electron chi connectivity index (χ2n) is 11.9. The van der Waals surface area contributed by atoms with Gasteiger partial charge in [0, 0.05) is 24.0 Å². The van der Waals surface area contributed by atoms with Crippen LogP contribution in [0.3, 0.4) is 0 Å². The number of sulfonamides is 1. The minimum absolute atomic E-state index is 0.0412. The van der Waals surface area contributed by atoms with Crippen LogP contribution in [0.15, 0.2) is 114 Å². The highest BCUT2D eigenvalue weighted by Gasteiger charge is 2.35. The maximum absolute atomic E-state index is 14.6. The molecule has 1 aliphatic rings. The Morgan fingerprint density at radius 1 is 0.826 bits per heavy atom. The molecule has 0 saturated heterocycles. The summed E-state index contributed by atoms with van der Waals surface area (Å²) in [7, 11) is -4.16. The van der Waals surface area contributed by atoms with E-state index in [2.05, 4.69) is 5.32 Å². The van der Waals surface area contributed by atoms with Gasteiger partial charge in [0.2, 0.25) is 11.8 Å². The second kappa shape index (κ2) is 15.4. The van der Waals surface area contributed by atoms with Crippen molar-refractivity contribution >= 4 is 39.1 Å². The molecule has 7 nitrogen and oxygen atoms in total. The zero-order valence-electron chi connectivity index (χ0n) is 26.0. The predicted octanol–water partition coefficient (Wildman–Crippen LogP) is 6.93. The molecule has 1 N–H and O–H groups in total. The van der Waals surface area contributed by atoms with Crippen molar-refractivity contribution in [1.29, 1.82) is 0 Å². The zero-order chi connectivity index (χ0) is 32.5. The summed E-state index contributed by atoms with van der Waals surface area (Å²) in [5.74, 6) is -0.726. The molecule has 2 amide bonds. The Hall–Kier alpha value is -4.14. The van der Waals surface area contributed by atoms with Crippen molar-refractivity contribution in [1.82, 2.24) is 10.2 Å². The van der Waals surface area contributed by atoms with Gasteiger partial charge in [-0.3, -0.25) is 13.9 Å². The number of hydrogen-bond acceptors (Lipinski definition) is 4. The first-order valence-corrected chi connectivity index (χ1v) is 17.6. The normalized spacial score (nSPS) is 14.3. The van der Waals surface area contributed by atoms with E-state index >= 15 is 0 Å². The number of nitrogens with one attached hydrogen (secondary N) is 1. The summed E-state index contributed by atoms with van der Waals surface area (Å²) in [6, 6.07) is 31.0. The summed E-state index contributed by atoms with van der Waals surface area (Å²) in [6.45, 7) is 1.60. The van der Waals surface area contributed by atoms with Crippen LogP contribution in [-0.4, -0.2) is 43.8 Å². The average molecular weight is 658 g/mol. The Morgan fingerprint density at radius 3 is 2.11 bits per heavy atom. The molecule has 0 unspecified atom stereocenters. The minimum atomic E-state index is -4.16. The Balaban J connectivity index is 1.55. The van der Waals surface area contributed by atoms with Gasteiger partial charge in [0.05, 0.1) is 10.6 Å². The first kappa shape index (κ1) is 33.2. The molecule has 0 spiro atoms. The number of carbonyl (C=O) groups is 2. The van der Waals surface area contributed by atoms with Crippen molar-refractivity contribution in [2.75, 3.05) is 10.8 Å². The minimum Gasteiger partial charge on any atom is -0.352 e. The molecule has 0 aliphatic heterocycles. The lowest BCUT2D eigenvalue weighted by Gasteiger charge is -2.35. The first-order valence-electron chi connectivity index (χ1n) is 15.7. The first-order chi connectivity index (χ1) is 22.2. The van der Waals surface area contributed by atoms with Crippen molar-refractivity contribution in [2.45, 2.75) is 69.0 Å². The zero-order valence-corrected chi connectivity index (χ0v) is 27.6. The Morgan fingerprint density at radius 2 is 1.46 bits per heavy atom. The molecule has 0 aromatic heterocycles. The largest absolute Gasteiger partial charge is 0.352 e. The third kappa shape index (κ3) is 8.56. The lowest BCUT2D eigenvalue weighted by molar-refractivity contribution is -0.140. The summed E-state index contributed by atoms with van der Waals surface area (Å²) in [5, 5.41) is 3.68. The van der Waals surface area contributed by atoms with Gasteiger partial charge in [-0.2, -0.15) is 0 Å². The number of benzene rings is 4. The van der Waals surface area contributed by atoms with E-state index in [1.54, 1.807) is 47.4 Å². The van der Waals surface area contributed by atoms with Gasteiger partial charge < -0.3 is 10.2 Å². The molecule has 1 atom stereocenters. The molecular weight excluding hydrogens is 618 g/mol. The smallest absolute Gasteiger partial charge is 0.264 e. The molecule has 4 aromatic carbocycles. The quantitative estimate of drug-likeness (QED) is 0.179. The summed E-state index contributed by atoms with van der Waals surface area (Å²) in [5.41, 5.74) is 3.06. The fraction of sp³-hybridized carbons (Fsp3) is 0.297. The van der Waals surface area contributed by atoms with E-state index in [-0.39, 0.29) is 29.8 Å². The Bertz CT molecular complexity index is 1710. The third-order valence-corrected chi connectivity index (χ3v) is 10.4. The van der Waals surface area contributed by atoms with Crippen LogP contribution in [-0.2, 0) is 32.6 Å². The van der Waals surface area contributed by atoms with Crippen LogP contribution in [0.2, 0.25) is 5.02 Å². The van der Waals surface area contributed by atoms with Crippen LogP contribution >= 0.6 is 11.6 Å². The SMILES string of the molecule is Cc1cccc(CN(C(=O)CN(c2ccc(Cl)cc2)S(=O)(=O)c2ccccc2)[C@@H](Cc2ccccc2)C(=O)NC2CCCCC2)c1. The standard InChI is InChI=1S/C37H40ClN3O4S/c1-28-12-11-15-30(24-28)26-40(35(25-29-13-5-2-6-14-29)37(43)39-32-16-7-3-8-17-32)36(42)27-41(33-22-20-31(38)21-23-33)46(44,45)34-18-9-4-10-19-34/h2,4-6,9-15,18-24,32,35H,3,7-8,16-17,25-27H2,1H3,(H,39,43)/t35-/m0/s1. The molecule has 1 saturated carbocycles. The average Bonchev–Trinajstić information content (AvgIpc) is 3.07. The maximum Gasteiger partial charge on any atom is 0.264 e. The van der Waals surface area contributed by atoms with E-state index in [4.69, 9.17) is 11.6 Å². The van der Waals surface area contributed by atoms with Crippen molar-refractivity contribution in [3.8, 4) is 0 Å². The number of carbonyl (C=O) groups excluding carboxylic acids is 2. The molecule has 240 valence electrons. The van der Waals surface area contributed by atoms with Gasteiger partial charge >= 0.3 is 0 Å². The number of anilines is 1. The van der Waals surface area contributed by atoms with E-state index in [9.17, 15) is 18.0 Å². The molecule has 0 radical (unpaired) electrons. The summed E-state index contributed by atoms with van der Waals surface area (Å²) in [4.78, 5) is 30.4. The van der Waals surface area contributed by atoms with Gasteiger partial charge in [-0.25, -0.2) is 8.42 Å². The van der Waals surface area contributed by atoms with Gasteiger partial charge in [0.25, 0.3) is 10.0 Å². The molecule has 5 rings (SSSR count). The highest BCUT2D eigenvalue weighted by molar-refractivity contribution is 7.92. The topological polar surface area (TPSA) is 86.8 Å². The number of amides is 2. The van der Waals surface area contributed by atoms with E-state index in [1.807, 2.05) is 61.5 Å². The number of nitrogens with zero attached hydrogens (tertiary/aromatic N) is 2. The molecular formula is C37H40ClN3O4S. The maximum atomic E-state index is 14.6. The Kier molecular flexibility index (Phi) is 11.1. The van der Waals surface area contributed by atoms with Crippen LogP contribution in [0.4, 0.5) is 5.69 Å². The molecule has 1 aliphatic carbocycles. The Labute approximate surface area is 277 Å². The summed E-state index contributed by atoms with van der Waals surface area (Å²) >= 11 is 6.15. The van der Waals surface area contributed by atoms with Crippen molar-refractivity contribution in [3.05, 3.63) is 131 Å². The lowest BCUT2D eigenvalue weighted by Crippen LogP contribution is -2.55. The molecule has 4 aromatic rings. The summed E-state index contributed by atoms with van der Waals surface area (Å²) < 4.78 is 29.3. The van der Waals surface area contributed by atoms with Gasteiger partial charge in [0.15, 0.2) is 0 Å². The highest BCUT2D eigenvalue weighted by atomic mass is 35.5. The monoisotopic (exact) mass is 657 g/mol. The van der Waals surface area contributed by atoms with Crippen LogP contribution < -0.4 is 9.62 Å². The van der Waals surface area contributed by atoms with Crippen molar-refractivity contribution in [2.24, 2.45) is 0 Å². The molecule has 46 heavy (non-hydrogen) atoms. The fourth-order valence-electron chi connectivity index (χ4n) is 5.96. The van der Waals surface area contributed by atoms with Gasteiger partial charge in [-0.05, 0) is 67.3 Å². The number of halogens is 1. The van der Waals surface area contributed by atoms with Crippen molar-refractivity contribution in [3.63, 3.8) is 0 Å². The lowest BCUT2D eigenvalue weighted by atomic mass is 9.94. The van der Waals surface area contributed by atoms with Gasteiger partial charge in [-0.15, -0.1) is 0 Å². The molecule has 0 heterocycles. The van der Waals surface area contributed by atoms with E-state index in [1.165, 1.54) is 12.1 Å². The van der Waals surface area contributed by atoms with Crippen LogP contribution in [0.5, 0.6) is 0 Å². The van der Waals surface area contributed by atoms with Crippen molar-refractivity contribution < 1.29 is 18.0 Å². The fourth-order valence-corrected chi connectivity index (χ4v) is 7.52. The number of hydrogen-bond donors (Lipinski definition) is 1. The predicted molar refractivity (Wildman–Crippen MR) is 183 cm³/mol. The highest BCUT2D eigenvalue weighted by Crippen LogP contribution is 2.27. The third-order valence-electron chi connectivity index (χ3n) is 8.38. The van der Waals surface area contributed by atoms with Crippen LogP contribution in [0.1, 0.15) is 48.8 Å². The summed E-state index contributed by atoms with van der Waals surface area (Å²) in [6.07, 6.45) is 5.32. The molecule has 0 bridgehead atoms. The van der Waals surface area contributed by atoms with E-state index in [0.717, 1.165) is 53.1 Å². The van der Waals surface area contributed by atoms with E-state index < -0.39 is 28.5 Å². The second-order valence-corrected chi connectivity index (χ2v) is 14.2. The van der Waals surface area contributed by atoms with Crippen LogP contribution in [0, 0.1) is 6.92 Å². The number of rotatable bonds is 12. The van der Waals surface area contributed by atoms with Gasteiger partial charge in [0.1, 0.15) is 12.6 Å². The number of aryl methyl sites for hydroxylation is 1.